The molecule has 0 amide bonds. The van der Waals surface area contributed by atoms with Crippen LogP contribution in [0.3, 0.4) is 0 Å². The summed E-state index contributed by atoms with van der Waals surface area (Å²) in [7, 11) is 0. The number of likely N-dealkylation sites (tertiary alicyclic amines) is 1. The second-order valence-electron chi connectivity index (χ2n) is 6.71. The van der Waals surface area contributed by atoms with E-state index in [9.17, 15) is 0 Å². The first-order valence-electron chi connectivity index (χ1n) is 9.20. The first-order valence-corrected chi connectivity index (χ1v) is 9.20. The van der Waals surface area contributed by atoms with Crippen LogP contribution in [0.1, 0.15) is 90.9 Å². The van der Waals surface area contributed by atoms with Crippen molar-refractivity contribution in [2.75, 3.05) is 19.6 Å². The minimum absolute atomic E-state index is 0. The summed E-state index contributed by atoms with van der Waals surface area (Å²) in [5, 5.41) is 0. The third-order valence-electron chi connectivity index (χ3n) is 4.89. The van der Waals surface area contributed by atoms with E-state index >= 15 is 0 Å². The summed E-state index contributed by atoms with van der Waals surface area (Å²) in [4.78, 5) is 1.90. The Labute approximate surface area is 134 Å². The van der Waals surface area contributed by atoms with Crippen LogP contribution in [0.2, 0.25) is 0 Å². The quantitative estimate of drug-likeness (QED) is 0.548. The Hall–Kier alpha value is 0.250. The topological polar surface area (TPSA) is 4.44 Å². The molecule has 0 aromatic rings. The van der Waals surface area contributed by atoms with Crippen molar-refractivity contribution in [2.45, 2.75) is 90.9 Å². The lowest BCUT2D eigenvalue weighted by molar-refractivity contribution is -0.906. The molecule has 0 unspecified atom stereocenters. The van der Waals surface area contributed by atoms with Crippen LogP contribution in [0.15, 0.2) is 0 Å². The first-order chi connectivity index (χ1) is 9.36. The number of nitrogens with one attached hydrogen (secondary N) is 1. The van der Waals surface area contributed by atoms with Gasteiger partial charge in [-0.05, 0) is 31.6 Å². The van der Waals surface area contributed by atoms with Gasteiger partial charge in [-0.2, -0.15) is 0 Å². The van der Waals surface area contributed by atoms with Crippen LogP contribution in [0.4, 0.5) is 0 Å². The second-order valence-corrected chi connectivity index (χ2v) is 6.71. The molecule has 0 saturated carbocycles. The zero-order chi connectivity index (χ0) is 13.8. The second kappa shape index (κ2) is 14.2. The van der Waals surface area contributed by atoms with Gasteiger partial charge in [-0.25, -0.2) is 0 Å². The number of unbranched alkanes of at least 4 members (excludes halogenated alkanes) is 7. The van der Waals surface area contributed by atoms with Gasteiger partial charge < -0.3 is 17.3 Å². The Bertz CT molecular complexity index is 188. The van der Waals surface area contributed by atoms with E-state index in [1.165, 1.54) is 96.7 Å². The summed E-state index contributed by atoms with van der Waals surface area (Å²) in [5.41, 5.74) is 0. The molecule has 2 heteroatoms. The van der Waals surface area contributed by atoms with E-state index < -0.39 is 0 Å². The maximum Gasteiger partial charge on any atom is 0.0773 e. The molecule has 1 N–H and O–H groups in total. The third kappa shape index (κ3) is 10.0. The average Bonchev–Trinajstić information content (AvgIpc) is 2.44. The zero-order valence-electron chi connectivity index (χ0n) is 14.1. The standard InChI is InChI=1S/C18H37N.ClH/c1-3-5-6-7-8-9-10-11-15-19-16-13-18(12-4-2)14-17-19;/h18H,3-17H2,1-2H3;1H. The largest absolute Gasteiger partial charge is 1.00 e. The number of hydrogen-bond acceptors (Lipinski definition) is 0. The van der Waals surface area contributed by atoms with E-state index in [0.29, 0.717) is 0 Å². The number of hydrogen-bond donors (Lipinski definition) is 1. The van der Waals surface area contributed by atoms with Crippen LogP contribution in [0.25, 0.3) is 0 Å². The van der Waals surface area contributed by atoms with Gasteiger partial charge in [0.05, 0.1) is 19.6 Å². The molecule has 20 heavy (non-hydrogen) atoms. The van der Waals surface area contributed by atoms with E-state index in [1.807, 2.05) is 4.90 Å². The monoisotopic (exact) mass is 303 g/mol. The summed E-state index contributed by atoms with van der Waals surface area (Å²) in [6, 6.07) is 0. The first kappa shape index (κ1) is 20.2. The van der Waals surface area contributed by atoms with Crippen molar-refractivity contribution in [3.05, 3.63) is 0 Å². The molecular weight excluding hydrogens is 266 g/mol. The number of halogens is 1. The fraction of sp³-hybridized carbons (Fsp3) is 1.00. The molecule has 0 bridgehead atoms. The molecule has 0 aromatic carbocycles. The number of piperidine rings is 1. The predicted octanol–water partition coefficient (Wildman–Crippen LogP) is 1.23. The number of quaternary nitrogens is 1. The Balaban J connectivity index is 0.00000361. The van der Waals surface area contributed by atoms with Crippen LogP contribution >= 0.6 is 0 Å². The van der Waals surface area contributed by atoms with Crippen LogP contribution in [-0.4, -0.2) is 19.6 Å². The van der Waals surface area contributed by atoms with E-state index in [0.717, 1.165) is 5.92 Å². The van der Waals surface area contributed by atoms with Crippen LogP contribution in [0, 0.1) is 5.92 Å². The lowest BCUT2D eigenvalue weighted by Gasteiger charge is -2.29. The fourth-order valence-electron chi connectivity index (χ4n) is 3.54. The predicted molar refractivity (Wildman–Crippen MR) is 85.8 cm³/mol. The van der Waals surface area contributed by atoms with Gasteiger partial charge in [-0.3, -0.25) is 0 Å². The summed E-state index contributed by atoms with van der Waals surface area (Å²) < 4.78 is 0. The lowest BCUT2D eigenvalue weighted by atomic mass is 9.92. The van der Waals surface area contributed by atoms with Crippen LogP contribution < -0.4 is 17.3 Å². The molecule has 0 aliphatic carbocycles. The Morgan fingerprint density at radius 1 is 0.750 bits per heavy atom. The molecule has 1 aliphatic rings. The Kier molecular flexibility index (Phi) is 14.4. The molecule has 0 atom stereocenters. The zero-order valence-corrected chi connectivity index (χ0v) is 14.8. The summed E-state index contributed by atoms with van der Waals surface area (Å²) in [5.74, 6) is 1.06. The molecular formula is C18H38ClN. The molecule has 1 fully saturated rings. The van der Waals surface area contributed by atoms with E-state index in [2.05, 4.69) is 13.8 Å². The highest BCUT2D eigenvalue weighted by molar-refractivity contribution is 4.61. The van der Waals surface area contributed by atoms with Gasteiger partial charge in [0.1, 0.15) is 0 Å². The van der Waals surface area contributed by atoms with Gasteiger partial charge in [0.2, 0.25) is 0 Å². The van der Waals surface area contributed by atoms with Crippen LogP contribution in [0.5, 0.6) is 0 Å². The molecule has 1 heterocycles. The highest BCUT2D eigenvalue weighted by Gasteiger charge is 2.20. The maximum absolute atomic E-state index is 2.33. The van der Waals surface area contributed by atoms with Gasteiger partial charge in [-0.1, -0.05) is 65.2 Å². The third-order valence-corrected chi connectivity index (χ3v) is 4.89. The van der Waals surface area contributed by atoms with Crippen molar-refractivity contribution in [3.63, 3.8) is 0 Å². The molecule has 1 rings (SSSR count). The van der Waals surface area contributed by atoms with Crippen molar-refractivity contribution in [1.29, 1.82) is 0 Å². The highest BCUT2D eigenvalue weighted by atomic mass is 35.5. The molecule has 0 spiro atoms. The Morgan fingerprint density at radius 3 is 1.85 bits per heavy atom. The molecule has 122 valence electrons. The fourth-order valence-corrected chi connectivity index (χ4v) is 3.54. The normalized spacial score (nSPS) is 22.5. The van der Waals surface area contributed by atoms with Crippen molar-refractivity contribution in [2.24, 2.45) is 5.92 Å². The highest BCUT2D eigenvalue weighted by Crippen LogP contribution is 2.15. The maximum atomic E-state index is 2.33. The number of rotatable bonds is 11. The van der Waals surface area contributed by atoms with Crippen molar-refractivity contribution in [1.82, 2.24) is 0 Å². The summed E-state index contributed by atoms with van der Waals surface area (Å²) >= 11 is 0. The van der Waals surface area contributed by atoms with Gasteiger partial charge >= 0.3 is 0 Å². The van der Waals surface area contributed by atoms with E-state index in [-0.39, 0.29) is 12.4 Å². The minimum atomic E-state index is 0. The van der Waals surface area contributed by atoms with Crippen molar-refractivity contribution >= 4 is 0 Å². The molecule has 1 nitrogen and oxygen atoms in total. The summed E-state index contributed by atoms with van der Waals surface area (Å²) in [6.07, 6.45) is 17.5. The minimum Gasteiger partial charge on any atom is -1.00 e. The van der Waals surface area contributed by atoms with E-state index in [4.69, 9.17) is 0 Å². The average molecular weight is 304 g/mol. The SMILES string of the molecule is CCCCCCCCCC[NH+]1CCC(CCC)CC1.[Cl-]. The molecule has 1 saturated heterocycles. The summed E-state index contributed by atoms with van der Waals surface area (Å²) in [6.45, 7) is 9.00. The Morgan fingerprint density at radius 2 is 1.30 bits per heavy atom. The van der Waals surface area contributed by atoms with Gasteiger partial charge in [0.15, 0.2) is 0 Å². The smallest absolute Gasteiger partial charge is 0.0773 e. The molecule has 1 aliphatic heterocycles. The van der Waals surface area contributed by atoms with E-state index in [1.54, 1.807) is 0 Å². The molecule has 0 aromatic heterocycles. The van der Waals surface area contributed by atoms with Gasteiger partial charge in [0.25, 0.3) is 0 Å². The molecule has 0 radical (unpaired) electrons. The van der Waals surface area contributed by atoms with Crippen molar-refractivity contribution in [3.8, 4) is 0 Å². The van der Waals surface area contributed by atoms with Gasteiger partial charge in [-0.15, -0.1) is 0 Å². The van der Waals surface area contributed by atoms with Crippen molar-refractivity contribution < 1.29 is 17.3 Å². The van der Waals surface area contributed by atoms with Crippen LogP contribution in [-0.2, 0) is 0 Å². The van der Waals surface area contributed by atoms with Gasteiger partial charge in [0, 0.05) is 0 Å². The lowest BCUT2D eigenvalue weighted by Crippen LogP contribution is -3.13.